The van der Waals surface area contributed by atoms with Crippen molar-refractivity contribution in [1.29, 1.82) is 0 Å². The highest BCUT2D eigenvalue weighted by atomic mass is 16.5. The van der Waals surface area contributed by atoms with Crippen LogP contribution in [0.25, 0.3) is 10.9 Å². The monoisotopic (exact) mass is 486 g/mol. The van der Waals surface area contributed by atoms with Crippen molar-refractivity contribution in [1.82, 2.24) is 25.2 Å². The summed E-state index contributed by atoms with van der Waals surface area (Å²) in [5.74, 6) is -0.605. The molecule has 0 bridgehead atoms. The maximum atomic E-state index is 13.4. The molecule has 5 heterocycles. The first-order valence-electron chi connectivity index (χ1n) is 12.2. The van der Waals surface area contributed by atoms with Gasteiger partial charge in [-0.15, -0.1) is 0 Å². The van der Waals surface area contributed by atoms with Gasteiger partial charge in [-0.05, 0) is 56.0 Å². The van der Waals surface area contributed by atoms with Crippen molar-refractivity contribution in [3.05, 3.63) is 53.5 Å². The number of methoxy groups -OCH3 is 1. The number of anilines is 1. The summed E-state index contributed by atoms with van der Waals surface area (Å²) in [6.45, 7) is 2.65. The Morgan fingerprint density at radius 3 is 2.53 bits per heavy atom. The Morgan fingerprint density at radius 1 is 1.03 bits per heavy atom. The molecule has 36 heavy (non-hydrogen) atoms. The second kappa shape index (κ2) is 8.94. The molecule has 1 aromatic carbocycles. The molecule has 3 aromatic rings. The first kappa shape index (κ1) is 22.5. The number of carbonyl (C=O) groups excluding carboxylic acids is 3. The summed E-state index contributed by atoms with van der Waals surface area (Å²) >= 11 is 0. The van der Waals surface area contributed by atoms with Gasteiger partial charge in [0, 0.05) is 42.5 Å². The zero-order chi connectivity index (χ0) is 24.8. The van der Waals surface area contributed by atoms with Crippen LogP contribution in [0.1, 0.15) is 53.1 Å². The Bertz CT molecular complexity index is 1370. The summed E-state index contributed by atoms with van der Waals surface area (Å²) < 4.78 is 5.04. The summed E-state index contributed by atoms with van der Waals surface area (Å²) in [5.41, 5.74) is 4.29. The second-order valence-corrected chi connectivity index (χ2v) is 9.53. The number of hydrogen-bond acceptors (Lipinski definition) is 8. The highest BCUT2D eigenvalue weighted by Gasteiger charge is 2.41. The highest BCUT2D eigenvalue weighted by Crippen LogP contribution is 2.42. The van der Waals surface area contributed by atoms with E-state index in [1.54, 1.807) is 36.7 Å². The van der Waals surface area contributed by atoms with Gasteiger partial charge in [0.05, 0.1) is 23.9 Å². The molecular formula is C26H26N6O4. The van der Waals surface area contributed by atoms with Gasteiger partial charge < -0.3 is 4.74 Å². The summed E-state index contributed by atoms with van der Waals surface area (Å²) in [6, 6.07) is 5.37. The number of hydrogen-bond donors (Lipinski definition) is 1. The minimum Gasteiger partial charge on any atom is -0.467 e. The van der Waals surface area contributed by atoms with E-state index in [-0.39, 0.29) is 18.2 Å². The average Bonchev–Trinajstić information content (AvgIpc) is 3.18. The summed E-state index contributed by atoms with van der Waals surface area (Å²) in [7, 11) is 1.55. The van der Waals surface area contributed by atoms with Crippen LogP contribution in [0, 0.1) is 0 Å². The molecule has 2 saturated heterocycles. The normalized spacial score (nSPS) is 20.8. The summed E-state index contributed by atoms with van der Waals surface area (Å²) in [4.78, 5) is 54.6. The van der Waals surface area contributed by atoms with Crippen molar-refractivity contribution in [2.45, 2.75) is 44.2 Å². The van der Waals surface area contributed by atoms with Gasteiger partial charge in [0.25, 0.3) is 5.91 Å². The van der Waals surface area contributed by atoms with Crippen molar-refractivity contribution in [2.75, 3.05) is 25.1 Å². The minimum absolute atomic E-state index is 0.208. The van der Waals surface area contributed by atoms with Crippen LogP contribution in [0.4, 0.5) is 5.69 Å². The van der Waals surface area contributed by atoms with Crippen LogP contribution >= 0.6 is 0 Å². The van der Waals surface area contributed by atoms with Gasteiger partial charge in [0.1, 0.15) is 6.04 Å². The standard InChI is InChI=1S/C26H26N6O4/c1-36-26-28-12-15(13-29-26)14-31-10-7-16(8-11-31)17-2-3-18-22-19(6-9-27-23(17)22)32(25(18)35)20-4-5-21(33)30-24(20)34/h2-3,6,9,12-13,16,20H,4-5,7-8,10-11,14H2,1H3,(H,30,33,34). The fraction of sp³-hybridized carbons (Fsp3) is 0.385. The lowest BCUT2D eigenvalue weighted by atomic mass is 9.87. The van der Waals surface area contributed by atoms with E-state index in [4.69, 9.17) is 9.72 Å². The molecule has 3 aliphatic heterocycles. The molecule has 0 saturated carbocycles. The van der Waals surface area contributed by atoms with Crippen LogP contribution in [0.3, 0.4) is 0 Å². The van der Waals surface area contributed by atoms with Crippen molar-refractivity contribution in [3.63, 3.8) is 0 Å². The summed E-state index contributed by atoms with van der Waals surface area (Å²) in [6.07, 6.45) is 7.80. The molecule has 184 valence electrons. The lowest BCUT2D eigenvalue weighted by molar-refractivity contribution is -0.134. The molecule has 3 amide bonds. The number of imide groups is 1. The Morgan fingerprint density at radius 2 is 1.81 bits per heavy atom. The lowest BCUT2D eigenvalue weighted by Crippen LogP contribution is -2.53. The number of rotatable bonds is 5. The number of piperidine rings is 2. The molecule has 10 nitrogen and oxygen atoms in total. The zero-order valence-corrected chi connectivity index (χ0v) is 19.9. The second-order valence-electron chi connectivity index (χ2n) is 9.53. The van der Waals surface area contributed by atoms with Gasteiger partial charge >= 0.3 is 6.01 Å². The SMILES string of the molecule is COc1ncc(CN2CCC(c3ccc4c5c(ccnc35)N(C3CCC(=O)NC3=O)C4=O)CC2)cn1. The molecular weight excluding hydrogens is 460 g/mol. The first-order chi connectivity index (χ1) is 17.5. The third-order valence-corrected chi connectivity index (χ3v) is 7.43. The largest absolute Gasteiger partial charge is 0.467 e. The van der Waals surface area contributed by atoms with Crippen molar-refractivity contribution < 1.29 is 19.1 Å². The Hall–Kier alpha value is -3.92. The van der Waals surface area contributed by atoms with E-state index in [9.17, 15) is 14.4 Å². The fourth-order valence-electron chi connectivity index (χ4n) is 5.65. The maximum Gasteiger partial charge on any atom is 0.316 e. The third kappa shape index (κ3) is 3.78. The third-order valence-electron chi connectivity index (χ3n) is 7.43. The number of pyridine rings is 1. The minimum atomic E-state index is -0.693. The van der Waals surface area contributed by atoms with Gasteiger partial charge in [-0.1, -0.05) is 6.07 Å². The highest BCUT2D eigenvalue weighted by molar-refractivity contribution is 6.27. The van der Waals surface area contributed by atoms with E-state index in [1.165, 1.54) is 0 Å². The van der Waals surface area contributed by atoms with Gasteiger partial charge in [0.15, 0.2) is 0 Å². The van der Waals surface area contributed by atoms with Crippen LogP contribution in [-0.2, 0) is 16.1 Å². The van der Waals surface area contributed by atoms with Crippen molar-refractivity contribution >= 4 is 34.3 Å². The fourth-order valence-corrected chi connectivity index (χ4v) is 5.65. The molecule has 1 unspecified atom stereocenters. The molecule has 3 aliphatic rings. The van der Waals surface area contributed by atoms with Crippen LogP contribution in [-0.4, -0.2) is 63.8 Å². The maximum absolute atomic E-state index is 13.4. The molecule has 2 fully saturated rings. The van der Waals surface area contributed by atoms with E-state index >= 15 is 0 Å². The topological polar surface area (TPSA) is 118 Å². The zero-order valence-electron chi connectivity index (χ0n) is 19.9. The van der Waals surface area contributed by atoms with Gasteiger partial charge in [-0.3, -0.25) is 34.5 Å². The van der Waals surface area contributed by atoms with Crippen LogP contribution in [0.5, 0.6) is 6.01 Å². The van der Waals surface area contributed by atoms with Gasteiger partial charge in [-0.2, -0.15) is 0 Å². The molecule has 0 radical (unpaired) electrons. The first-order valence-corrected chi connectivity index (χ1v) is 12.2. The predicted octanol–water partition coefficient (Wildman–Crippen LogP) is 2.18. The number of benzene rings is 1. The van der Waals surface area contributed by atoms with Crippen molar-refractivity contribution in [2.24, 2.45) is 0 Å². The number of amides is 3. The summed E-state index contributed by atoms with van der Waals surface area (Å²) in [5, 5.41) is 3.18. The van der Waals surface area contributed by atoms with Crippen LogP contribution in [0.2, 0.25) is 0 Å². The van der Waals surface area contributed by atoms with Gasteiger partial charge in [-0.25, -0.2) is 9.97 Å². The van der Waals surface area contributed by atoms with Crippen LogP contribution < -0.4 is 15.0 Å². The molecule has 10 heteroatoms. The molecule has 6 rings (SSSR count). The number of aromatic nitrogens is 3. The molecule has 0 spiro atoms. The van der Waals surface area contributed by atoms with E-state index in [1.807, 2.05) is 12.1 Å². The van der Waals surface area contributed by atoms with E-state index in [2.05, 4.69) is 20.2 Å². The van der Waals surface area contributed by atoms with Gasteiger partial charge in [0.2, 0.25) is 11.8 Å². The van der Waals surface area contributed by atoms with Crippen molar-refractivity contribution in [3.8, 4) is 6.01 Å². The quantitative estimate of drug-likeness (QED) is 0.546. The van der Waals surface area contributed by atoms with Crippen LogP contribution in [0.15, 0.2) is 36.8 Å². The molecule has 1 N–H and O–H groups in total. The Balaban J connectivity index is 1.23. The number of carbonyl (C=O) groups is 3. The van der Waals surface area contributed by atoms with E-state index in [0.717, 1.165) is 54.5 Å². The van der Waals surface area contributed by atoms with E-state index < -0.39 is 11.9 Å². The van der Waals surface area contributed by atoms with E-state index in [0.29, 0.717) is 29.6 Å². The number of likely N-dealkylation sites (tertiary alicyclic amines) is 1. The molecule has 2 aromatic heterocycles. The lowest BCUT2D eigenvalue weighted by Gasteiger charge is -2.32. The Labute approximate surface area is 207 Å². The number of ether oxygens (including phenoxy) is 1. The number of nitrogens with one attached hydrogen (secondary N) is 1. The number of nitrogens with zero attached hydrogens (tertiary/aromatic N) is 5. The predicted molar refractivity (Wildman–Crippen MR) is 131 cm³/mol. The molecule has 1 atom stereocenters. The average molecular weight is 487 g/mol. The Kier molecular flexibility index (Phi) is 5.60. The smallest absolute Gasteiger partial charge is 0.316 e. The molecule has 0 aliphatic carbocycles.